The Labute approximate surface area is 171 Å². The van der Waals surface area contributed by atoms with E-state index in [2.05, 4.69) is 21.5 Å². The summed E-state index contributed by atoms with van der Waals surface area (Å²) < 4.78 is 14.5. The van der Waals surface area contributed by atoms with Crippen LogP contribution in [0.15, 0.2) is 73.7 Å². The first kappa shape index (κ1) is 18.8. The summed E-state index contributed by atoms with van der Waals surface area (Å²) in [7, 11) is 0. The molecule has 1 aromatic carbocycles. The van der Waals surface area contributed by atoms with Gasteiger partial charge in [-0.2, -0.15) is 0 Å². The van der Waals surface area contributed by atoms with Crippen molar-refractivity contribution in [3.63, 3.8) is 0 Å². The van der Waals surface area contributed by atoms with Crippen molar-refractivity contribution in [3.8, 4) is 11.3 Å². The summed E-state index contributed by atoms with van der Waals surface area (Å²) in [6.07, 6.45) is 8.52. The largest absolute Gasteiger partial charge is 0.398 e. The second-order valence-electron chi connectivity index (χ2n) is 6.33. The van der Waals surface area contributed by atoms with Gasteiger partial charge in [-0.15, -0.1) is 0 Å². The number of rotatable bonds is 3. The summed E-state index contributed by atoms with van der Waals surface area (Å²) in [5, 5.41) is 2.79. The number of benzene rings is 1. The summed E-state index contributed by atoms with van der Waals surface area (Å²) in [4.78, 5) is 13.0. The Balaban J connectivity index is 2.11. The second kappa shape index (κ2) is 7.81. The van der Waals surface area contributed by atoms with Gasteiger partial charge >= 0.3 is 0 Å². The van der Waals surface area contributed by atoms with E-state index in [1.807, 2.05) is 24.3 Å². The summed E-state index contributed by atoms with van der Waals surface area (Å²) in [5.74, 6) is -0.425. The molecule has 3 heterocycles. The van der Waals surface area contributed by atoms with Crippen LogP contribution < -0.4 is 16.2 Å². The third kappa shape index (κ3) is 3.60. The molecule has 6 heteroatoms. The highest BCUT2D eigenvalue weighted by Gasteiger charge is 2.14. The standard InChI is InChI=1S/C23H16ClFN4/c1-2-4-14-13-27-10-8-16(14)22(26)18-12-21(19-11-15(24)6-7-20(19)25)29-23-17(18)5-3-9-28-23/h2-13H,1,26H2/b14-4-,22-16-. The van der Waals surface area contributed by atoms with Gasteiger partial charge < -0.3 is 5.73 Å². The highest BCUT2D eigenvalue weighted by atomic mass is 35.5. The van der Waals surface area contributed by atoms with Crippen molar-refractivity contribution in [1.29, 1.82) is 0 Å². The number of nitrogens with zero attached hydrogens (tertiary/aromatic N) is 3. The van der Waals surface area contributed by atoms with Gasteiger partial charge in [0.1, 0.15) is 5.82 Å². The molecule has 4 nitrogen and oxygen atoms in total. The maximum Gasteiger partial charge on any atom is 0.160 e. The van der Waals surface area contributed by atoms with Crippen LogP contribution in [0.25, 0.3) is 34.1 Å². The Hall–Kier alpha value is -3.57. The van der Waals surface area contributed by atoms with Gasteiger partial charge in [0.25, 0.3) is 0 Å². The quantitative estimate of drug-likeness (QED) is 0.569. The van der Waals surface area contributed by atoms with Crippen LogP contribution in [-0.2, 0) is 0 Å². The normalized spacial score (nSPS) is 12.8. The van der Waals surface area contributed by atoms with Crippen LogP contribution in [-0.4, -0.2) is 15.0 Å². The van der Waals surface area contributed by atoms with Gasteiger partial charge in [0.15, 0.2) is 5.65 Å². The van der Waals surface area contributed by atoms with Crippen molar-refractivity contribution in [3.05, 3.63) is 101 Å². The zero-order chi connectivity index (χ0) is 20.4. The molecular weight excluding hydrogens is 387 g/mol. The first-order valence-corrected chi connectivity index (χ1v) is 9.20. The minimum atomic E-state index is -0.425. The van der Waals surface area contributed by atoms with Crippen molar-refractivity contribution in [2.45, 2.75) is 0 Å². The van der Waals surface area contributed by atoms with Crippen LogP contribution in [0.4, 0.5) is 4.39 Å². The predicted molar refractivity (Wildman–Crippen MR) is 115 cm³/mol. The summed E-state index contributed by atoms with van der Waals surface area (Å²) in [6.45, 7) is 3.74. The van der Waals surface area contributed by atoms with Gasteiger partial charge in [-0.3, -0.25) is 4.98 Å². The molecule has 4 aromatic rings. The number of hydrogen-bond acceptors (Lipinski definition) is 4. The SMILES string of the molecule is C=C/C=c1/cncc/c1=C(/N)c1cc(-c2cc(Cl)ccc2F)nc2ncccc12. The number of fused-ring (bicyclic) bond motifs is 1. The molecule has 2 N–H and O–H groups in total. The molecule has 0 fully saturated rings. The average molecular weight is 403 g/mol. The van der Waals surface area contributed by atoms with Gasteiger partial charge in [0.05, 0.1) is 5.69 Å². The molecule has 0 saturated heterocycles. The summed E-state index contributed by atoms with van der Waals surface area (Å²) >= 11 is 6.08. The Bertz CT molecular complexity index is 1370. The van der Waals surface area contributed by atoms with Gasteiger partial charge in [0.2, 0.25) is 0 Å². The van der Waals surface area contributed by atoms with Crippen LogP contribution in [0.3, 0.4) is 0 Å². The minimum Gasteiger partial charge on any atom is -0.398 e. The van der Waals surface area contributed by atoms with Gasteiger partial charge in [-0.25, -0.2) is 14.4 Å². The molecule has 0 aliphatic heterocycles. The van der Waals surface area contributed by atoms with Crippen molar-refractivity contribution in [2.75, 3.05) is 0 Å². The van der Waals surface area contributed by atoms with E-state index >= 15 is 0 Å². The Kier molecular flexibility index (Phi) is 5.06. The average Bonchev–Trinajstić information content (AvgIpc) is 2.75. The van der Waals surface area contributed by atoms with Crippen LogP contribution in [0.5, 0.6) is 0 Å². The van der Waals surface area contributed by atoms with E-state index in [9.17, 15) is 4.39 Å². The molecule has 142 valence electrons. The lowest BCUT2D eigenvalue weighted by Crippen LogP contribution is -2.30. The maximum absolute atomic E-state index is 14.5. The van der Waals surface area contributed by atoms with Crippen LogP contribution in [0, 0.1) is 5.82 Å². The van der Waals surface area contributed by atoms with Crippen molar-refractivity contribution >= 4 is 34.4 Å². The molecular formula is C23H16ClFN4. The van der Waals surface area contributed by atoms with Gasteiger partial charge in [0, 0.05) is 56.3 Å². The molecule has 0 radical (unpaired) electrons. The zero-order valence-electron chi connectivity index (χ0n) is 15.3. The Morgan fingerprint density at radius 2 is 2.00 bits per heavy atom. The Morgan fingerprint density at radius 3 is 2.83 bits per heavy atom. The molecule has 0 unspecified atom stereocenters. The van der Waals surface area contributed by atoms with Crippen molar-refractivity contribution < 1.29 is 4.39 Å². The van der Waals surface area contributed by atoms with Crippen molar-refractivity contribution in [1.82, 2.24) is 15.0 Å². The van der Waals surface area contributed by atoms with E-state index in [4.69, 9.17) is 17.3 Å². The third-order valence-corrected chi connectivity index (χ3v) is 4.75. The molecule has 4 rings (SSSR count). The zero-order valence-corrected chi connectivity index (χ0v) is 16.1. The highest BCUT2D eigenvalue weighted by Crippen LogP contribution is 2.29. The lowest BCUT2D eigenvalue weighted by Gasteiger charge is -2.11. The fourth-order valence-corrected chi connectivity index (χ4v) is 3.34. The summed E-state index contributed by atoms with van der Waals surface area (Å²) in [6, 6.07) is 11.6. The van der Waals surface area contributed by atoms with E-state index < -0.39 is 5.82 Å². The Morgan fingerprint density at radius 1 is 1.14 bits per heavy atom. The molecule has 3 aromatic heterocycles. The third-order valence-electron chi connectivity index (χ3n) is 4.52. The number of aromatic nitrogens is 3. The minimum absolute atomic E-state index is 0.284. The van der Waals surface area contributed by atoms with Crippen LogP contribution in [0.1, 0.15) is 5.56 Å². The number of nitrogens with two attached hydrogens (primary N) is 1. The fraction of sp³-hybridized carbons (Fsp3) is 0. The second-order valence-corrected chi connectivity index (χ2v) is 6.77. The topological polar surface area (TPSA) is 64.7 Å². The fourth-order valence-electron chi connectivity index (χ4n) is 3.17. The lowest BCUT2D eigenvalue weighted by atomic mass is 10.0. The van der Waals surface area contributed by atoms with Crippen molar-refractivity contribution in [2.24, 2.45) is 5.73 Å². The first-order chi connectivity index (χ1) is 14.1. The molecule has 0 saturated carbocycles. The van der Waals surface area contributed by atoms with Crippen LogP contribution >= 0.6 is 11.6 Å². The van der Waals surface area contributed by atoms with E-state index in [-0.39, 0.29) is 5.56 Å². The summed E-state index contributed by atoms with van der Waals surface area (Å²) in [5.41, 5.74) is 8.94. The smallest absolute Gasteiger partial charge is 0.160 e. The number of hydrogen-bond donors (Lipinski definition) is 1. The number of halogens is 2. The van der Waals surface area contributed by atoms with Crippen LogP contribution in [0.2, 0.25) is 5.02 Å². The number of allylic oxidation sites excluding steroid dienone is 1. The molecule has 29 heavy (non-hydrogen) atoms. The highest BCUT2D eigenvalue weighted by molar-refractivity contribution is 6.30. The molecule has 0 amide bonds. The first-order valence-electron chi connectivity index (χ1n) is 8.82. The van der Waals surface area contributed by atoms with E-state index in [0.717, 1.165) is 15.8 Å². The molecule has 0 bridgehead atoms. The molecule has 0 spiro atoms. The van der Waals surface area contributed by atoms with E-state index in [1.54, 1.807) is 30.7 Å². The lowest BCUT2D eigenvalue weighted by molar-refractivity contribution is 0.631. The maximum atomic E-state index is 14.5. The number of pyridine rings is 3. The van der Waals surface area contributed by atoms with Gasteiger partial charge in [-0.1, -0.05) is 30.3 Å². The van der Waals surface area contributed by atoms with E-state index in [0.29, 0.717) is 27.6 Å². The van der Waals surface area contributed by atoms with E-state index in [1.165, 1.54) is 18.2 Å². The molecule has 0 aliphatic rings. The monoisotopic (exact) mass is 402 g/mol. The van der Waals surface area contributed by atoms with Gasteiger partial charge in [-0.05, 0) is 42.5 Å². The molecule has 0 atom stereocenters. The molecule has 0 aliphatic carbocycles. The predicted octanol–water partition coefficient (Wildman–Crippen LogP) is 3.57.